The Morgan fingerprint density at radius 3 is 2.56 bits per heavy atom. The summed E-state index contributed by atoms with van der Waals surface area (Å²) in [6.45, 7) is 0.174. The van der Waals surface area contributed by atoms with Crippen LogP contribution in [-0.4, -0.2) is 28.8 Å². The summed E-state index contributed by atoms with van der Waals surface area (Å²) < 4.78 is 0. The van der Waals surface area contributed by atoms with Gasteiger partial charge in [-0.05, 0) is 36.2 Å². The van der Waals surface area contributed by atoms with Crippen molar-refractivity contribution in [1.82, 2.24) is 10.2 Å². The molecule has 2 aromatic rings. The third-order valence-electron chi connectivity index (χ3n) is 4.23. The van der Waals surface area contributed by atoms with Crippen LogP contribution in [0.2, 0.25) is 10.0 Å². The van der Waals surface area contributed by atoms with Crippen molar-refractivity contribution in [2.45, 2.75) is 25.4 Å². The number of carbonyl (C=O) groups excluding carboxylic acids is 3. The van der Waals surface area contributed by atoms with E-state index >= 15 is 0 Å². The average Bonchev–Trinajstić information content (AvgIpc) is 3.03. The van der Waals surface area contributed by atoms with Crippen LogP contribution in [0.25, 0.3) is 0 Å². The molecule has 0 aromatic heterocycles. The van der Waals surface area contributed by atoms with Crippen LogP contribution in [0.4, 0.5) is 10.5 Å². The number of urea groups is 1. The minimum atomic E-state index is -0.854. The van der Waals surface area contributed by atoms with Crippen LogP contribution >= 0.6 is 23.2 Å². The van der Waals surface area contributed by atoms with Gasteiger partial charge in [0.2, 0.25) is 11.8 Å². The van der Waals surface area contributed by atoms with E-state index < -0.39 is 18.0 Å². The van der Waals surface area contributed by atoms with Gasteiger partial charge in [-0.15, -0.1) is 0 Å². The van der Waals surface area contributed by atoms with Crippen molar-refractivity contribution >= 4 is 46.7 Å². The zero-order valence-corrected chi connectivity index (χ0v) is 15.8. The summed E-state index contributed by atoms with van der Waals surface area (Å²) in [5.74, 6) is -0.789. The Hall–Kier alpha value is -2.57. The number of nitrogens with one attached hydrogen (secondary N) is 2. The van der Waals surface area contributed by atoms with Crippen molar-refractivity contribution in [2.24, 2.45) is 0 Å². The molecule has 8 heteroatoms. The molecule has 1 aliphatic heterocycles. The molecule has 0 unspecified atom stereocenters. The summed E-state index contributed by atoms with van der Waals surface area (Å²) in [4.78, 5) is 38.2. The molecule has 6 nitrogen and oxygen atoms in total. The summed E-state index contributed by atoms with van der Waals surface area (Å²) >= 11 is 12.0. The lowest BCUT2D eigenvalue weighted by Gasteiger charge is -2.22. The summed E-state index contributed by atoms with van der Waals surface area (Å²) in [5, 5.41) is 6.30. The van der Waals surface area contributed by atoms with E-state index in [-0.39, 0.29) is 25.3 Å². The highest BCUT2D eigenvalue weighted by atomic mass is 35.5. The Bertz CT molecular complexity index is 874. The largest absolute Gasteiger partial charge is 0.350 e. The fraction of sp³-hybridized carbons (Fsp3) is 0.211. The summed E-state index contributed by atoms with van der Waals surface area (Å²) in [5.41, 5.74) is 1.24. The monoisotopic (exact) mass is 405 g/mol. The van der Waals surface area contributed by atoms with Gasteiger partial charge in [0.15, 0.2) is 0 Å². The molecule has 1 heterocycles. The summed E-state index contributed by atoms with van der Waals surface area (Å²) in [7, 11) is 0. The van der Waals surface area contributed by atoms with Crippen molar-refractivity contribution < 1.29 is 14.4 Å². The predicted molar refractivity (Wildman–Crippen MR) is 104 cm³/mol. The molecule has 3 rings (SSSR count). The zero-order valence-electron chi connectivity index (χ0n) is 14.2. The Morgan fingerprint density at radius 1 is 1.11 bits per heavy atom. The number of hydrogen-bond donors (Lipinski definition) is 2. The molecular weight excluding hydrogens is 389 g/mol. The molecule has 0 saturated carbocycles. The van der Waals surface area contributed by atoms with Gasteiger partial charge >= 0.3 is 6.03 Å². The molecule has 4 amide bonds. The molecule has 1 fully saturated rings. The molecule has 1 atom stereocenters. The maximum Gasteiger partial charge on any atom is 0.329 e. The molecule has 2 N–H and O–H groups in total. The lowest BCUT2D eigenvalue weighted by molar-refractivity contribution is -0.132. The molecule has 1 saturated heterocycles. The van der Waals surface area contributed by atoms with Crippen molar-refractivity contribution in [3.63, 3.8) is 0 Å². The Labute approximate surface area is 166 Å². The minimum Gasteiger partial charge on any atom is -0.350 e. The number of anilines is 1. The minimum absolute atomic E-state index is 0.141. The zero-order chi connectivity index (χ0) is 19.4. The summed E-state index contributed by atoms with van der Waals surface area (Å²) in [6, 6.07) is 12.3. The topological polar surface area (TPSA) is 78.5 Å². The van der Waals surface area contributed by atoms with Crippen LogP contribution in [0.1, 0.15) is 18.4 Å². The number of hydrogen-bond acceptors (Lipinski definition) is 3. The molecular formula is C19H17Cl2N3O3. The fourth-order valence-electron chi connectivity index (χ4n) is 2.86. The Kier molecular flexibility index (Phi) is 5.98. The number of carbonyl (C=O) groups is 3. The van der Waals surface area contributed by atoms with Crippen molar-refractivity contribution in [1.29, 1.82) is 0 Å². The third-order valence-corrected chi connectivity index (χ3v) is 4.81. The van der Waals surface area contributed by atoms with Crippen LogP contribution in [-0.2, 0) is 16.1 Å². The van der Waals surface area contributed by atoms with E-state index in [1.54, 1.807) is 42.5 Å². The second kappa shape index (κ2) is 8.41. The summed E-state index contributed by atoms with van der Waals surface area (Å²) in [6.07, 6.45) is 0.420. The van der Waals surface area contributed by atoms with E-state index in [9.17, 15) is 14.4 Å². The molecule has 1 aliphatic rings. The number of benzene rings is 2. The molecule has 140 valence electrons. The molecule has 0 spiro atoms. The highest BCUT2D eigenvalue weighted by molar-refractivity contribution is 6.35. The third kappa shape index (κ3) is 4.59. The van der Waals surface area contributed by atoms with Crippen LogP contribution in [0.3, 0.4) is 0 Å². The van der Waals surface area contributed by atoms with E-state index in [0.29, 0.717) is 21.3 Å². The van der Waals surface area contributed by atoms with Gasteiger partial charge in [0.1, 0.15) is 6.04 Å². The van der Waals surface area contributed by atoms with Crippen molar-refractivity contribution in [3.05, 3.63) is 64.1 Å². The number of imide groups is 1. The number of amides is 4. The molecule has 27 heavy (non-hydrogen) atoms. The quantitative estimate of drug-likeness (QED) is 0.810. The van der Waals surface area contributed by atoms with Gasteiger partial charge in [0.25, 0.3) is 0 Å². The first-order valence-corrected chi connectivity index (χ1v) is 9.11. The number of nitrogens with zero attached hydrogens (tertiary/aromatic N) is 1. The standard InChI is InChI=1S/C19H17Cl2N3O3/c20-13-7-6-12(15(21)10-13)11-22-18(26)16-8-9-17(25)24(16)19(27)23-14-4-2-1-3-5-14/h1-7,10,16H,8-9,11H2,(H,22,26)(H,23,27)/t16-/m0/s1. The van der Waals surface area contributed by atoms with Crippen LogP contribution in [0, 0.1) is 0 Å². The lowest BCUT2D eigenvalue weighted by atomic mass is 10.2. The Morgan fingerprint density at radius 2 is 1.85 bits per heavy atom. The lowest BCUT2D eigenvalue weighted by Crippen LogP contribution is -2.49. The van der Waals surface area contributed by atoms with E-state index in [1.807, 2.05) is 6.07 Å². The van der Waals surface area contributed by atoms with Crippen LogP contribution in [0.5, 0.6) is 0 Å². The molecule has 0 bridgehead atoms. The number of para-hydroxylation sites is 1. The normalized spacial score (nSPS) is 16.3. The van der Waals surface area contributed by atoms with E-state index in [2.05, 4.69) is 10.6 Å². The van der Waals surface area contributed by atoms with E-state index in [4.69, 9.17) is 23.2 Å². The number of likely N-dealkylation sites (tertiary alicyclic amines) is 1. The van der Waals surface area contributed by atoms with Gasteiger partial charge in [-0.25, -0.2) is 4.79 Å². The predicted octanol–water partition coefficient (Wildman–Crippen LogP) is 3.83. The molecule has 2 aromatic carbocycles. The van der Waals surface area contributed by atoms with Gasteiger partial charge in [-0.3, -0.25) is 14.5 Å². The first-order chi connectivity index (χ1) is 13.0. The number of halogens is 2. The maximum absolute atomic E-state index is 12.6. The van der Waals surface area contributed by atoms with Crippen LogP contribution < -0.4 is 10.6 Å². The van der Waals surface area contributed by atoms with E-state index in [1.165, 1.54) is 0 Å². The average molecular weight is 406 g/mol. The highest BCUT2D eigenvalue weighted by Crippen LogP contribution is 2.23. The van der Waals surface area contributed by atoms with Crippen LogP contribution in [0.15, 0.2) is 48.5 Å². The van der Waals surface area contributed by atoms with Gasteiger partial charge < -0.3 is 10.6 Å². The molecule has 0 aliphatic carbocycles. The molecule has 0 radical (unpaired) electrons. The van der Waals surface area contributed by atoms with Crippen molar-refractivity contribution in [3.8, 4) is 0 Å². The van der Waals surface area contributed by atoms with E-state index in [0.717, 1.165) is 4.90 Å². The SMILES string of the molecule is O=C(NCc1ccc(Cl)cc1Cl)[C@@H]1CCC(=O)N1C(=O)Nc1ccccc1. The fourth-order valence-corrected chi connectivity index (χ4v) is 3.33. The van der Waals surface area contributed by atoms with Gasteiger partial charge in [-0.2, -0.15) is 0 Å². The second-order valence-corrected chi connectivity index (χ2v) is 6.91. The second-order valence-electron chi connectivity index (χ2n) is 6.07. The maximum atomic E-state index is 12.6. The van der Waals surface area contributed by atoms with Gasteiger partial charge in [0.05, 0.1) is 0 Å². The Balaban J connectivity index is 1.65. The van der Waals surface area contributed by atoms with Gasteiger partial charge in [0, 0.05) is 28.7 Å². The smallest absolute Gasteiger partial charge is 0.329 e. The van der Waals surface area contributed by atoms with Gasteiger partial charge in [-0.1, -0.05) is 47.5 Å². The number of rotatable bonds is 4. The van der Waals surface area contributed by atoms with Crippen molar-refractivity contribution in [2.75, 3.05) is 5.32 Å². The first kappa shape index (κ1) is 19.2. The first-order valence-electron chi connectivity index (χ1n) is 8.35. The highest BCUT2D eigenvalue weighted by Gasteiger charge is 2.40.